The minimum absolute atomic E-state index is 0.198. The van der Waals surface area contributed by atoms with E-state index in [0.29, 0.717) is 30.2 Å². The summed E-state index contributed by atoms with van der Waals surface area (Å²) in [6.07, 6.45) is 6.09. The quantitative estimate of drug-likeness (QED) is 0.516. The van der Waals surface area contributed by atoms with Crippen molar-refractivity contribution in [2.45, 2.75) is 31.5 Å². The highest BCUT2D eigenvalue weighted by Gasteiger charge is 2.33. The highest BCUT2D eigenvalue weighted by Crippen LogP contribution is 2.37. The maximum Gasteiger partial charge on any atom is 0.335 e. The van der Waals surface area contributed by atoms with E-state index in [2.05, 4.69) is 16.0 Å². The van der Waals surface area contributed by atoms with Gasteiger partial charge in [0.1, 0.15) is 12.4 Å². The van der Waals surface area contributed by atoms with Gasteiger partial charge in [-0.1, -0.05) is 35.9 Å². The zero-order chi connectivity index (χ0) is 24.4. The molecule has 3 aromatic rings. The number of carboxylic acids is 1. The van der Waals surface area contributed by atoms with Crippen molar-refractivity contribution in [1.29, 1.82) is 0 Å². The Morgan fingerprint density at radius 2 is 1.89 bits per heavy atom. The maximum atomic E-state index is 11.5. The summed E-state index contributed by atoms with van der Waals surface area (Å²) in [6, 6.07) is 16.4. The van der Waals surface area contributed by atoms with Crippen molar-refractivity contribution in [3.05, 3.63) is 99.8 Å². The molecule has 0 atom stereocenters. The molecule has 0 spiro atoms. The van der Waals surface area contributed by atoms with E-state index in [0.717, 1.165) is 54.0 Å². The van der Waals surface area contributed by atoms with Gasteiger partial charge in [0.25, 0.3) is 0 Å². The number of benzene rings is 2. The molecule has 6 nitrogen and oxygen atoms in total. The summed E-state index contributed by atoms with van der Waals surface area (Å²) in [6.45, 7) is 2.77. The number of rotatable bonds is 5. The minimum atomic E-state index is -0.981. The van der Waals surface area contributed by atoms with Gasteiger partial charge in [-0.05, 0) is 66.8 Å². The fourth-order valence-electron chi connectivity index (χ4n) is 4.89. The second kappa shape index (κ2) is 9.82. The summed E-state index contributed by atoms with van der Waals surface area (Å²) in [7, 11) is 0. The van der Waals surface area contributed by atoms with E-state index < -0.39 is 11.6 Å². The van der Waals surface area contributed by atoms with Crippen molar-refractivity contribution in [1.82, 2.24) is 9.88 Å². The van der Waals surface area contributed by atoms with Crippen LogP contribution in [0, 0.1) is 0 Å². The lowest BCUT2D eigenvalue weighted by Gasteiger charge is -2.38. The Morgan fingerprint density at radius 1 is 1.11 bits per heavy atom. The maximum absolute atomic E-state index is 11.5. The third-order valence-corrected chi connectivity index (χ3v) is 7.17. The highest BCUT2D eigenvalue weighted by atomic mass is 35.5. The average molecular weight is 491 g/mol. The standard InChI is InChI=1S/C28H27ClN2O4/c29-21-8-6-20(7-9-21)28(34)11-15-31(16-12-28)14-2-4-22-23-3-1-13-30-25(23)18-35-26-17-19(27(32)33)5-10-24(22)26/h1,3-10,13,17,34H,2,11-12,14-16,18H2,(H,32,33). The van der Waals surface area contributed by atoms with Gasteiger partial charge in [0, 0.05) is 42.0 Å². The summed E-state index contributed by atoms with van der Waals surface area (Å²) in [5, 5.41) is 21.2. The summed E-state index contributed by atoms with van der Waals surface area (Å²) >= 11 is 6.00. The molecule has 0 bridgehead atoms. The van der Waals surface area contributed by atoms with Gasteiger partial charge in [0.05, 0.1) is 16.9 Å². The van der Waals surface area contributed by atoms with Crippen LogP contribution in [-0.4, -0.2) is 45.7 Å². The number of aromatic nitrogens is 1. The Balaban J connectivity index is 1.32. The van der Waals surface area contributed by atoms with E-state index in [9.17, 15) is 15.0 Å². The van der Waals surface area contributed by atoms with Gasteiger partial charge in [-0.2, -0.15) is 0 Å². The average Bonchev–Trinajstić information content (AvgIpc) is 3.02. The molecular formula is C28H27ClN2O4. The molecular weight excluding hydrogens is 464 g/mol. The molecule has 7 heteroatoms. The Bertz CT molecular complexity index is 1260. The lowest BCUT2D eigenvalue weighted by molar-refractivity contribution is -0.0254. The van der Waals surface area contributed by atoms with Gasteiger partial charge < -0.3 is 19.8 Å². The number of pyridine rings is 1. The summed E-state index contributed by atoms with van der Waals surface area (Å²) < 4.78 is 5.95. The molecule has 0 aliphatic carbocycles. The van der Waals surface area contributed by atoms with Crippen LogP contribution in [0.4, 0.5) is 0 Å². The van der Waals surface area contributed by atoms with E-state index in [1.807, 2.05) is 42.5 Å². The van der Waals surface area contributed by atoms with Crippen LogP contribution < -0.4 is 4.74 Å². The number of piperidine rings is 1. The van der Waals surface area contributed by atoms with Crippen molar-refractivity contribution in [2.75, 3.05) is 19.6 Å². The SMILES string of the molecule is O=C(O)c1ccc2c(c1)OCc1ncccc1C2=CCCN1CCC(O)(c2ccc(Cl)cc2)CC1. The minimum Gasteiger partial charge on any atom is -0.487 e. The molecule has 1 aromatic heterocycles. The van der Waals surface area contributed by atoms with Gasteiger partial charge in [-0.15, -0.1) is 0 Å². The van der Waals surface area contributed by atoms with Gasteiger partial charge >= 0.3 is 5.97 Å². The number of aliphatic hydroxyl groups is 1. The van der Waals surface area contributed by atoms with Crippen LogP contribution in [0.5, 0.6) is 5.75 Å². The number of carbonyl (C=O) groups is 1. The molecule has 1 fully saturated rings. The molecule has 0 amide bonds. The topological polar surface area (TPSA) is 82.9 Å². The van der Waals surface area contributed by atoms with Gasteiger partial charge in [-0.25, -0.2) is 4.79 Å². The van der Waals surface area contributed by atoms with E-state index in [1.165, 1.54) is 0 Å². The Kier molecular flexibility index (Phi) is 6.60. The first-order valence-electron chi connectivity index (χ1n) is 11.8. The Hall–Kier alpha value is -3.19. The van der Waals surface area contributed by atoms with Crippen molar-refractivity contribution in [2.24, 2.45) is 0 Å². The molecule has 2 aromatic carbocycles. The van der Waals surface area contributed by atoms with Crippen LogP contribution in [0.3, 0.4) is 0 Å². The van der Waals surface area contributed by atoms with E-state index in [4.69, 9.17) is 16.3 Å². The van der Waals surface area contributed by atoms with Crippen LogP contribution >= 0.6 is 11.6 Å². The first kappa shape index (κ1) is 23.5. The molecule has 5 rings (SSSR count). The van der Waals surface area contributed by atoms with Crippen LogP contribution in [0.2, 0.25) is 5.02 Å². The lowest BCUT2D eigenvalue weighted by atomic mass is 9.84. The summed E-state index contributed by atoms with van der Waals surface area (Å²) in [5.74, 6) is -0.425. The fourth-order valence-corrected chi connectivity index (χ4v) is 5.02. The van der Waals surface area contributed by atoms with E-state index in [1.54, 1.807) is 18.3 Å². The molecule has 1 saturated heterocycles. The van der Waals surface area contributed by atoms with Crippen molar-refractivity contribution in [3.63, 3.8) is 0 Å². The number of halogens is 1. The predicted octanol–water partition coefficient (Wildman–Crippen LogP) is 5.13. The van der Waals surface area contributed by atoms with Crippen molar-refractivity contribution >= 4 is 23.1 Å². The Morgan fingerprint density at radius 3 is 2.63 bits per heavy atom. The smallest absolute Gasteiger partial charge is 0.335 e. The van der Waals surface area contributed by atoms with Crippen LogP contribution in [0.1, 0.15) is 52.0 Å². The van der Waals surface area contributed by atoms with Crippen molar-refractivity contribution < 1.29 is 19.7 Å². The number of nitrogens with zero attached hydrogens (tertiary/aromatic N) is 2. The van der Waals surface area contributed by atoms with E-state index in [-0.39, 0.29) is 5.56 Å². The van der Waals surface area contributed by atoms with Crippen molar-refractivity contribution in [3.8, 4) is 5.75 Å². The molecule has 3 heterocycles. The zero-order valence-corrected chi connectivity index (χ0v) is 20.0. The van der Waals surface area contributed by atoms with E-state index >= 15 is 0 Å². The molecule has 180 valence electrons. The first-order valence-corrected chi connectivity index (χ1v) is 12.2. The monoisotopic (exact) mass is 490 g/mol. The normalized spacial score (nSPS) is 18.3. The number of hydrogen-bond donors (Lipinski definition) is 2. The fraction of sp³-hybridized carbons (Fsp3) is 0.286. The number of likely N-dealkylation sites (tertiary alicyclic amines) is 1. The molecule has 0 saturated carbocycles. The molecule has 2 aliphatic rings. The van der Waals surface area contributed by atoms with Crippen LogP contribution in [0.15, 0.2) is 66.9 Å². The number of carboxylic acid groups (broad SMARTS) is 1. The zero-order valence-electron chi connectivity index (χ0n) is 19.3. The predicted molar refractivity (Wildman–Crippen MR) is 135 cm³/mol. The van der Waals surface area contributed by atoms with Crippen LogP contribution in [0.25, 0.3) is 5.57 Å². The number of aromatic carboxylic acids is 1. The second-order valence-corrected chi connectivity index (χ2v) is 9.53. The summed E-state index contributed by atoms with van der Waals surface area (Å²) in [5.41, 5.74) is 4.02. The number of ether oxygens (including phenoxy) is 1. The second-order valence-electron chi connectivity index (χ2n) is 9.09. The van der Waals surface area contributed by atoms with Gasteiger partial charge in [0.2, 0.25) is 0 Å². The molecule has 0 unspecified atom stereocenters. The third kappa shape index (κ3) is 4.96. The molecule has 0 radical (unpaired) electrons. The molecule has 35 heavy (non-hydrogen) atoms. The highest BCUT2D eigenvalue weighted by molar-refractivity contribution is 6.30. The Labute approximate surface area is 209 Å². The first-order chi connectivity index (χ1) is 16.9. The molecule has 2 N–H and O–H groups in total. The number of hydrogen-bond acceptors (Lipinski definition) is 5. The lowest BCUT2D eigenvalue weighted by Crippen LogP contribution is -2.42. The summed E-state index contributed by atoms with van der Waals surface area (Å²) in [4.78, 5) is 18.3. The van der Waals surface area contributed by atoms with Crippen LogP contribution in [-0.2, 0) is 12.2 Å². The third-order valence-electron chi connectivity index (χ3n) is 6.92. The molecule has 2 aliphatic heterocycles. The van der Waals surface area contributed by atoms with Gasteiger partial charge in [0.15, 0.2) is 0 Å². The number of fused-ring (bicyclic) bond motifs is 2. The van der Waals surface area contributed by atoms with Gasteiger partial charge in [-0.3, -0.25) is 4.98 Å². The largest absolute Gasteiger partial charge is 0.487 e.